The highest BCUT2D eigenvalue weighted by Crippen LogP contribution is 2.46. The Labute approximate surface area is 65.3 Å². The van der Waals surface area contributed by atoms with Crippen LogP contribution in [0.2, 0.25) is 0 Å². The van der Waals surface area contributed by atoms with Crippen LogP contribution >= 0.6 is 0 Å². The van der Waals surface area contributed by atoms with Gasteiger partial charge in [0.05, 0.1) is 18.0 Å². The zero-order valence-electron chi connectivity index (χ0n) is 6.20. The van der Waals surface area contributed by atoms with Crippen LogP contribution in [0.25, 0.3) is 0 Å². The highest BCUT2D eigenvalue weighted by molar-refractivity contribution is 5.09. The largest absolute Gasteiger partial charge is 0.271 e. The molecule has 1 aromatic heterocycles. The Balaban J connectivity index is 2.08. The monoisotopic (exact) mass is 147 g/mol. The van der Waals surface area contributed by atoms with E-state index in [1.54, 1.807) is 6.20 Å². The topological polar surface area (TPSA) is 41.6 Å². The Hall–Kier alpha value is -1.30. The first-order chi connectivity index (χ1) is 5.35. The van der Waals surface area contributed by atoms with Crippen LogP contribution in [0.1, 0.15) is 12.8 Å². The minimum absolute atomic E-state index is 0.0774. The fraction of sp³-hybridized carbons (Fsp3) is 0.500. The molecule has 1 aliphatic carbocycles. The standard InChI is InChI=1S/C8H9N3/c9-6-8(2-3-8)7-11-5-1-4-10-11/h1,4-5H,2-3,7H2. The van der Waals surface area contributed by atoms with Crippen LogP contribution in [-0.4, -0.2) is 9.78 Å². The van der Waals surface area contributed by atoms with E-state index in [-0.39, 0.29) is 5.41 Å². The Morgan fingerprint density at radius 1 is 1.64 bits per heavy atom. The summed E-state index contributed by atoms with van der Waals surface area (Å²) in [6.45, 7) is 0.760. The maximum Gasteiger partial charge on any atom is 0.0770 e. The van der Waals surface area contributed by atoms with E-state index >= 15 is 0 Å². The lowest BCUT2D eigenvalue weighted by atomic mass is 10.1. The van der Waals surface area contributed by atoms with E-state index in [9.17, 15) is 0 Å². The molecule has 0 radical (unpaired) electrons. The van der Waals surface area contributed by atoms with Crippen molar-refractivity contribution in [2.75, 3.05) is 0 Å². The second-order valence-electron chi connectivity index (χ2n) is 3.10. The Bertz CT molecular complexity index is 277. The zero-order chi connectivity index (χ0) is 7.73. The Morgan fingerprint density at radius 2 is 2.45 bits per heavy atom. The molecule has 0 aromatic carbocycles. The molecule has 56 valence electrons. The molecular weight excluding hydrogens is 138 g/mol. The van der Waals surface area contributed by atoms with Crippen molar-refractivity contribution >= 4 is 0 Å². The van der Waals surface area contributed by atoms with E-state index < -0.39 is 0 Å². The van der Waals surface area contributed by atoms with E-state index in [1.807, 2.05) is 16.9 Å². The molecule has 0 spiro atoms. The van der Waals surface area contributed by atoms with Gasteiger partial charge in [-0.05, 0) is 18.9 Å². The van der Waals surface area contributed by atoms with Crippen LogP contribution in [-0.2, 0) is 6.54 Å². The molecule has 0 bridgehead atoms. The Kier molecular flexibility index (Phi) is 1.22. The van der Waals surface area contributed by atoms with Gasteiger partial charge < -0.3 is 0 Å². The Morgan fingerprint density at radius 3 is 2.91 bits per heavy atom. The molecule has 1 aromatic rings. The second kappa shape index (κ2) is 2.09. The molecule has 0 unspecified atom stereocenters. The maximum atomic E-state index is 8.76. The highest BCUT2D eigenvalue weighted by atomic mass is 15.3. The summed E-state index contributed by atoms with van der Waals surface area (Å²) in [7, 11) is 0. The van der Waals surface area contributed by atoms with Crippen molar-refractivity contribution in [3.8, 4) is 6.07 Å². The number of aromatic nitrogens is 2. The van der Waals surface area contributed by atoms with Crippen LogP contribution in [0.4, 0.5) is 0 Å². The summed E-state index contributed by atoms with van der Waals surface area (Å²) in [5, 5.41) is 12.8. The van der Waals surface area contributed by atoms with Crippen LogP contribution in [0, 0.1) is 16.7 Å². The summed E-state index contributed by atoms with van der Waals surface area (Å²) in [5.74, 6) is 0. The first-order valence-corrected chi connectivity index (χ1v) is 3.73. The predicted octanol–water partition coefficient (Wildman–Crippen LogP) is 1.19. The van der Waals surface area contributed by atoms with Crippen molar-refractivity contribution in [3.05, 3.63) is 18.5 Å². The van der Waals surface area contributed by atoms with Crippen molar-refractivity contribution in [1.29, 1.82) is 5.26 Å². The normalized spacial score (nSPS) is 19.2. The SMILES string of the molecule is N#CC1(Cn2cccn2)CC1. The van der Waals surface area contributed by atoms with Gasteiger partial charge in [0.25, 0.3) is 0 Å². The van der Waals surface area contributed by atoms with Crippen LogP contribution in [0.3, 0.4) is 0 Å². The molecule has 0 aliphatic heterocycles. The molecule has 0 amide bonds. The van der Waals surface area contributed by atoms with E-state index in [4.69, 9.17) is 5.26 Å². The van der Waals surface area contributed by atoms with Gasteiger partial charge >= 0.3 is 0 Å². The molecule has 2 rings (SSSR count). The second-order valence-corrected chi connectivity index (χ2v) is 3.10. The van der Waals surface area contributed by atoms with Crippen molar-refractivity contribution in [2.45, 2.75) is 19.4 Å². The molecule has 1 aliphatic rings. The lowest BCUT2D eigenvalue weighted by Gasteiger charge is -2.03. The summed E-state index contributed by atoms with van der Waals surface area (Å²) < 4.78 is 1.83. The van der Waals surface area contributed by atoms with Gasteiger partial charge in [-0.15, -0.1) is 0 Å². The van der Waals surface area contributed by atoms with Gasteiger partial charge in [-0.25, -0.2) is 0 Å². The molecule has 1 saturated carbocycles. The van der Waals surface area contributed by atoms with E-state index in [0.29, 0.717) is 0 Å². The minimum atomic E-state index is -0.0774. The molecule has 0 N–H and O–H groups in total. The number of nitrogens with zero attached hydrogens (tertiary/aromatic N) is 3. The van der Waals surface area contributed by atoms with Crippen molar-refractivity contribution in [1.82, 2.24) is 9.78 Å². The zero-order valence-corrected chi connectivity index (χ0v) is 6.20. The van der Waals surface area contributed by atoms with Gasteiger partial charge in [-0.3, -0.25) is 4.68 Å². The van der Waals surface area contributed by atoms with Gasteiger partial charge in [0.15, 0.2) is 0 Å². The first-order valence-electron chi connectivity index (χ1n) is 3.73. The van der Waals surface area contributed by atoms with Crippen LogP contribution in [0.5, 0.6) is 0 Å². The first kappa shape index (κ1) is 6.41. The molecule has 1 fully saturated rings. The van der Waals surface area contributed by atoms with Gasteiger partial charge in [0, 0.05) is 12.4 Å². The molecular formula is C8H9N3. The molecule has 1 heterocycles. The number of hydrogen-bond acceptors (Lipinski definition) is 2. The van der Waals surface area contributed by atoms with Gasteiger partial charge in [0.1, 0.15) is 0 Å². The maximum absolute atomic E-state index is 8.76. The van der Waals surface area contributed by atoms with Gasteiger partial charge in [-0.1, -0.05) is 0 Å². The molecule has 3 nitrogen and oxygen atoms in total. The third-order valence-corrected chi connectivity index (χ3v) is 2.11. The third-order valence-electron chi connectivity index (χ3n) is 2.11. The summed E-state index contributed by atoms with van der Waals surface area (Å²) >= 11 is 0. The summed E-state index contributed by atoms with van der Waals surface area (Å²) in [6, 6.07) is 4.21. The third kappa shape index (κ3) is 1.12. The van der Waals surface area contributed by atoms with Crippen molar-refractivity contribution < 1.29 is 0 Å². The smallest absolute Gasteiger partial charge is 0.0770 e. The molecule has 0 saturated heterocycles. The summed E-state index contributed by atoms with van der Waals surface area (Å²) in [4.78, 5) is 0. The van der Waals surface area contributed by atoms with E-state index in [2.05, 4.69) is 11.2 Å². The minimum Gasteiger partial charge on any atom is -0.271 e. The van der Waals surface area contributed by atoms with Crippen molar-refractivity contribution in [3.63, 3.8) is 0 Å². The van der Waals surface area contributed by atoms with Crippen LogP contribution in [0.15, 0.2) is 18.5 Å². The molecule has 3 heteroatoms. The molecule has 11 heavy (non-hydrogen) atoms. The highest BCUT2D eigenvalue weighted by Gasteiger charge is 2.43. The predicted molar refractivity (Wildman–Crippen MR) is 39.5 cm³/mol. The average molecular weight is 147 g/mol. The van der Waals surface area contributed by atoms with Gasteiger partial charge in [0.2, 0.25) is 0 Å². The quantitative estimate of drug-likeness (QED) is 0.630. The van der Waals surface area contributed by atoms with Crippen LogP contribution < -0.4 is 0 Å². The van der Waals surface area contributed by atoms with E-state index in [1.165, 1.54) is 0 Å². The fourth-order valence-electron chi connectivity index (χ4n) is 1.16. The lowest BCUT2D eigenvalue weighted by molar-refractivity contribution is 0.486. The van der Waals surface area contributed by atoms with Crippen molar-refractivity contribution in [2.24, 2.45) is 5.41 Å². The fourth-order valence-corrected chi connectivity index (χ4v) is 1.16. The number of nitriles is 1. The average Bonchev–Trinajstić information content (AvgIpc) is 2.59. The van der Waals surface area contributed by atoms with E-state index in [0.717, 1.165) is 19.4 Å². The summed E-state index contributed by atoms with van der Waals surface area (Å²) in [6.07, 6.45) is 5.71. The van der Waals surface area contributed by atoms with Gasteiger partial charge in [-0.2, -0.15) is 10.4 Å². The number of rotatable bonds is 2. The lowest BCUT2D eigenvalue weighted by Crippen LogP contribution is -2.09. The number of hydrogen-bond donors (Lipinski definition) is 0. The molecule has 0 atom stereocenters. The summed E-state index contributed by atoms with van der Waals surface area (Å²) in [5.41, 5.74) is -0.0774.